The number of hydrogen-bond donors (Lipinski definition) is 1. The molecule has 2 aromatic rings. The van der Waals surface area contributed by atoms with Crippen molar-refractivity contribution in [2.45, 2.75) is 58.1 Å². The number of halogens is 1. The molecule has 3 saturated heterocycles. The van der Waals surface area contributed by atoms with Gasteiger partial charge in [-0.15, -0.1) is 10.2 Å². The molecule has 14 heteroatoms. The molecule has 6 rings (SSSR count). The highest BCUT2D eigenvalue weighted by molar-refractivity contribution is 6.23. The zero-order valence-corrected chi connectivity index (χ0v) is 26.3. The summed E-state index contributed by atoms with van der Waals surface area (Å²) < 4.78 is 20.7. The number of esters is 1. The van der Waals surface area contributed by atoms with E-state index >= 15 is 4.39 Å². The zero-order valence-electron chi connectivity index (χ0n) is 26.3. The van der Waals surface area contributed by atoms with Gasteiger partial charge in [0.2, 0.25) is 11.8 Å². The molecule has 5 heterocycles. The number of aromatic nitrogens is 2. The third kappa shape index (κ3) is 6.43. The van der Waals surface area contributed by atoms with Gasteiger partial charge in [-0.1, -0.05) is 0 Å². The van der Waals surface area contributed by atoms with E-state index in [-0.39, 0.29) is 35.3 Å². The Labute approximate surface area is 266 Å². The highest BCUT2D eigenvalue weighted by atomic mass is 19.1. The first kappa shape index (κ1) is 31.5. The second-order valence-corrected chi connectivity index (χ2v) is 13.3. The number of amides is 4. The smallest absolute Gasteiger partial charge is 0.359 e. The Kier molecular flexibility index (Phi) is 8.49. The number of nitrogens with zero attached hydrogens (tertiary/aromatic N) is 6. The lowest BCUT2D eigenvalue weighted by Gasteiger charge is -2.39. The minimum atomic E-state index is -1.09. The summed E-state index contributed by atoms with van der Waals surface area (Å²) in [5, 5.41) is 10.5. The van der Waals surface area contributed by atoms with E-state index in [0.29, 0.717) is 19.0 Å². The number of fused-ring (bicyclic) bond motifs is 1. The zero-order chi connectivity index (χ0) is 32.7. The van der Waals surface area contributed by atoms with Gasteiger partial charge in [-0.2, -0.15) is 0 Å². The summed E-state index contributed by atoms with van der Waals surface area (Å²) in [7, 11) is 0. The molecule has 0 bridgehead atoms. The van der Waals surface area contributed by atoms with E-state index in [1.54, 1.807) is 32.9 Å². The molecule has 0 spiro atoms. The van der Waals surface area contributed by atoms with Gasteiger partial charge in [0.05, 0.1) is 16.8 Å². The number of carbonyl (C=O) groups excluding carboxylic acids is 5. The Bertz CT molecular complexity index is 1560. The number of piperidine rings is 2. The first-order valence-corrected chi connectivity index (χ1v) is 15.7. The molecule has 1 aromatic carbocycles. The molecule has 244 valence electrons. The standard InChI is InChI=1S/C32H38FN7O6/c1-32(2,3)46-31(45)23-4-6-26(36-35-23)39-10-8-19(9-11-39)18-37-12-14-38(15-13-37)25-17-21-20(16-22(25)33)29(43)40(30(21)44)24-5-7-27(41)34-28(24)42/h4,6,16-17,19,24H,5,7-15,18H2,1-3H3,(H,34,41,42)/t24-/m1/s1. The van der Waals surface area contributed by atoms with E-state index in [2.05, 4.69) is 25.3 Å². The van der Waals surface area contributed by atoms with E-state index in [0.717, 1.165) is 62.3 Å². The topological polar surface area (TPSA) is 145 Å². The number of rotatable bonds is 6. The molecular weight excluding hydrogens is 597 g/mol. The summed E-state index contributed by atoms with van der Waals surface area (Å²) in [4.78, 5) is 69.6. The summed E-state index contributed by atoms with van der Waals surface area (Å²) in [6, 6.07) is 4.87. The molecule has 0 saturated carbocycles. The maximum atomic E-state index is 15.3. The first-order chi connectivity index (χ1) is 21.9. The maximum Gasteiger partial charge on any atom is 0.359 e. The second-order valence-electron chi connectivity index (χ2n) is 13.3. The molecular formula is C32H38FN7O6. The van der Waals surface area contributed by atoms with Crippen molar-refractivity contribution < 1.29 is 33.1 Å². The van der Waals surface area contributed by atoms with E-state index in [9.17, 15) is 24.0 Å². The molecule has 46 heavy (non-hydrogen) atoms. The van der Waals surface area contributed by atoms with Gasteiger partial charge < -0.3 is 14.5 Å². The number of ether oxygens (including phenoxy) is 1. The number of benzene rings is 1. The number of hydrogen-bond acceptors (Lipinski definition) is 11. The molecule has 0 unspecified atom stereocenters. The van der Waals surface area contributed by atoms with Crippen molar-refractivity contribution in [1.29, 1.82) is 0 Å². The molecule has 4 aliphatic heterocycles. The predicted octanol–water partition coefficient (Wildman–Crippen LogP) is 2.01. The van der Waals surface area contributed by atoms with Crippen LogP contribution in [0.4, 0.5) is 15.9 Å². The van der Waals surface area contributed by atoms with Crippen molar-refractivity contribution in [1.82, 2.24) is 25.3 Å². The van der Waals surface area contributed by atoms with Crippen molar-refractivity contribution in [2.24, 2.45) is 5.92 Å². The van der Waals surface area contributed by atoms with Crippen LogP contribution >= 0.6 is 0 Å². The van der Waals surface area contributed by atoms with Gasteiger partial charge in [0.15, 0.2) is 11.5 Å². The van der Waals surface area contributed by atoms with Crippen LogP contribution in [0.5, 0.6) is 0 Å². The number of carbonyl (C=O) groups is 5. The molecule has 4 aliphatic rings. The van der Waals surface area contributed by atoms with Crippen molar-refractivity contribution in [3.63, 3.8) is 0 Å². The Morgan fingerprint density at radius 1 is 0.913 bits per heavy atom. The molecule has 1 aromatic heterocycles. The van der Waals surface area contributed by atoms with Crippen LogP contribution in [0.1, 0.15) is 77.7 Å². The van der Waals surface area contributed by atoms with E-state index < -0.39 is 47.1 Å². The molecule has 0 radical (unpaired) electrons. The summed E-state index contributed by atoms with van der Waals surface area (Å²) >= 11 is 0. The highest BCUT2D eigenvalue weighted by Gasteiger charge is 2.45. The van der Waals surface area contributed by atoms with E-state index in [1.807, 2.05) is 4.90 Å². The van der Waals surface area contributed by atoms with Crippen molar-refractivity contribution >= 4 is 41.1 Å². The summed E-state index contributed by atoms with van der Waals surface area (Å²) in [6.07, 6.45) is 2.03. The van der Waals surface area contributed by atoms with Gasteiger partial charge >= 0.3 is 5.97 Å². The Balaban J connectivity index is 1.00. The van der Waals surface area contributed by atoms with Crippen molar-refractivity contribution in [3.8, 4) is 0 Å². The lowest BCUT2D eigenvalue weighted by atomic mass is 9.96. The largest absolute Gasteiger partial charge is 0.455 e. The Hall–Kier alpha value is -4.46. The van der Waals surface area contributed by atoms with E-state index in [1.165, 1.54) is 6.07 Å². The van der Waals surface area contributed by atoms with Crippen LogP contribution in [-0.4, -0.2) is 107 Å². The normalized spacial score (nSPS) is 21.5. The SMILES string of the molecule is CC(C)(C)OC(=O)c1ccc(N2CCC(CN3CCN(c4cc5c(cc4F)C(=O)N([C@@H]4CCC(=O)NC4=O)C5=O)CC3)CC2)nn1. The fourth-order valence-electron chi connectivity index (χ4n) is 6.54. The van der Waals surface area contributed by atoms with Gasteiger partial charge in [0.25, 0.3) is 11.8 Å². The number of nitrogens with one attached hydrogen (secondary N) is 1. The number of imide groups is 2. The lowest BCUT2D eigenvalue weighted by Crippen LogP contribution is -2.54. The van der Waals surface area contributed by atoms with Gasteiger partial charge in [0, 0.05) is 52.2 Å². The Morgan fingerprint density at radius 3 is 2.20 bits per heavy atom. The van der Waals surface area contributed by atoms with Gasteiger partial charge in [-0.25, -0.2) is 9.18 Å². The van der Waals surface area contributed by atoms with Crippen LogP contribution in [0.15, 0.2) is 24.3 Å². The van der Waals surface area contributed by atoms with E-state index in [4.69, 9.17) is 4.74 Å². The van der Waals surface area contributed by atoms with Crippen LogP contribution < -0.4 is 15.1 Å². The lowest BCUT2D eigenvalue weighted by molar-refractivity contribution is -0.136. The second kappa shape index (κ2) is 12.4. The van der Waals surface area contributed by atoms with Gasteiger partial charge in [0.1, 0.15) is 17.5 Å². The summed E-state index contributed by atoms with van der Waals surface area (Å²) in [6.45, 7) is 10.6. The predicted molar refractivity (Wildman–Crippen MR) is 164 cm³/mol. The fraction of sp³-hybridized carbons (Fsp3) is 0.531. The van der Waals surface area contributed by atoms with Crippen LogP contribution in [0.3, 0.4) is 0 Å². The third-order valence-electron chi connectivity index (χ3n) is 8.93. The molecule has 1 N–H and O–H groups in total. The average Bonchev–Trinajstić information content (AvgIpc) is 3.25. The maximum absolute atomic E-state index is 15.3. The van der Waals surface area contributed by atoms with Gasteiger partial charge in [-0.3, -0.25) is 34.3 Å². The molecule has 3 fully saturated rings. The minimum absolute atomic E-state index is 0.0205. The molecule has 1 atom stereocenters. The van der Waals surface area contributed by atoms with Crippen LogP contribution in [-0.2, 0) is 14.3 Å². The summed E-state index contributed by atoms with van der Waals surface area (Å²) in [5.41, 5.74) is -0.149. The van der Waals surface area contributed by atoms with Gasteiger partial charge in [-0.05, 0) is 70.2 Å². The molecule has 0 aliphatic carbocycles. The average molecular weight is 636 g/mol. The fourth-order valence-corrected chi connectivity index (χ4v) is 6.54. The summed E-state index contributed by atoms with van der Waals surface area (Å²) in [5.74, 6) is -2.37. The highest BCUT2D eigenvalue weighted by Crippen LogP contribution is 2.33. The number of piperazine rings is 1. The Morgan fingerprint density at radius 2 is 1.59 bits per heavy atom. The minimum Gasteiger partial charge on any atom is -0.455 e. The van der Waals surface area contributed by atoms with Crippen LogP contribution in [0.25, 0.3) is 0 Å². The van der Waals surface area contributed by atoms with Crippen molar-refractivity contribution in [2.75, 3.05) is 55.6 Å². The van der Waals surface area contributed by atoms with Crippen molar-refractivity contribution in [3.05, 3.63) is 46.9 Å². The number of anilines is 2. The molecule has 4 amide bonds. The van der Waals surface area contributed by atoms with Crippen LogP contribution in [0, 0.1) is 11.7 Å². The monoisotopic (exact) mass is 635 g/mol. The first-order valence-electron chi connectivity index (χ1n) is 15.7. The third-order valence-corrected chi connectivity index (χ3v) is 8.93. The quantitative estimate of drug-likeness (QED) is 0.368. The van der Waals surface area contributed by atoms with Crippen LogP contribution in [0.2, 0.25) is 0 Å². The molecule has 13 nitrogen and oxygen atoms in total.